The summed E-state index contributed by atoms with van der Waals surface area (Å²) in [6.45, 7) is 1.08. The number of benzene rings is 1. The second kappa shape index (κ2) is 5.41. The summed E-state index contributed by atoms with van der Waals surface area (Å²) >= 11 is 5.81. The van der Waals surface area contributed by atoms with Gasteiger partial charge in [-0.05, 0) is 24.6 Å². The summed E-state index contributed by atoms with van der Waals surface area (Å²) in [6, 6.07) is 5.03. The Morgan fingerprint density at radius 3 is 2.50 bits per heavy atom. The van der Waals surface area contributed by atoms with E-state index in [1.54, 1.807) is 18.2 Å². The molecule has 0 heterocycles. The molecule has 0 radical (unpaired) electrons. The van der Waals surface area contributed by atoms with Crippen molar-refractivity contribution < 1.29 is 22.6 Å². The molecule has 0 fully saturated rings. The van der Waals surface area contributed by atoms with Gasteiger partial charge < -0.3 is 4.74 Å². The van der Waals surface area contributed by atoms with Crippen molar-refractivity contribution in [3.05, 3.63) is 28.8 Å². The molecule has 1 aromatic carbocycles. The highest BCUT2D eigenvalue weighted by Gasteiger charge is 2.28. The van der Waals surface area contributed by atoms with Gasteiger partial charge in [-0.1, -0.05) is 17.7 Å². The zero-order valence-electron chi connectivity index (χ0n) is 8.47. The van der Waals surface area contributed by atoms with Crippen LogP contribution in [0, 0.1) is 6.92 Å². The first-order chi connectivity index (χ1) is 7.38. The van der Waals surface area contributed by atoms with E-state index in [1.165, 1.54) is 0 Å². The highest BCUT2D eigenvalue weighted by Crippen LogP contribution is 2.25. The zero-order chi connectivity index (χ0) is 12.2. The van der Waals surface area contributed by atoms with Gasteiger partial charge in [0.1, 0.15) is 12.4 Å². The Morgan fingerprint density at radius 2 is 1.94 bits per heavy atom. The Hall–Kier alpha value is -0.940. The average molecular weight is 255 g/mol. The molecule has 0 bridgehead atoms. The molecule has 0 unspecified atom stereocenters. The first-order valence-electron chi connectivity index (χ1n) is 4.48. The van der Waals surface area contributed by atoms with Crippen LogP contribution in [0.2, 0.25) is 5.02 Å². The third-order valence-electron chi connectivity index (χ3n) is 1.69. The second-order valence-corrected chi connectivity index (χ2v) is 3.48. The van der Waals surface area contributed by atoms with Gasteiger partial charge in [-0.25, -0.2) is 0 Å². The van der Waals surface area contributed by atoms with Crippen molar-refractivity contribution >= 4 is 11.6 Å². The van der Waals surface area contributed by atoms with Crippen LogP contribution in [0.25, 0.3) is 0 Å². The minimum atomic E-state index is -4.62. The Labute approximate surface area is 95.9 Å². The molecule has 0 spiro atoms. The van der Waals surface area contributed by atoms with E-state index in [2.05, 4.69) is 4.74 Å². The van der Waals surface area contributed by atoms with Gasteiger partial charge in [0, 0.05) is 0 Å². The van der Waals surface area contributed by atoms with Gasteiger partial charge in [0.25, 0.3) is 0 Å². The number of halogens is 4. The van der Waals surface area contributed by atoms with Crippen LogP contribution in [0.5, 0.6) is 5.75 Å². The summed E-state index contributed by atoms with van der Waals surface area (Å²) in [6.07, 6.45) is -4.62. The minimum absolute atomic E-state index is 0.206. The summed E-state index contributed by atoms with van der Waals surface area (Å²) in [5, 5.41) is 0.368. The van der Waals surface area contributed by atoms with Gasteiger partial charge in [-0.2, -0.15) is 0 Å². The van der Waals surface area contributed by atoms with Crippen LogP contribution in [0.3, 0.4) is 0 Å². The molecule has 0 aromatic heterocycles. The van der Waals surface area contributed by atoms with Gasteiger partial charge in [0.2, 0.25) is 0 Å². The van der Waals surface area contributed by atoms with Crippen molar-refractivity contribution in [2.24, 2.45) is 0 Å². The summed E-state index contributed by atoms with van der Waals surface area (Å²) in [5.74, 6) is 0.345. The lowest BCUT2D eigenvalue weighted by Crippen LogP contribution is -2.18. The fourth-order valence-corrected chi connectivity index (χ4v) is 1.32. The van der Waals surface area contributed by atoms with Crippen LogP contribution in [-0.2, 0) is 4.74 Å². The molecule has 0 N–H and O–H groups in total. The van der Waals surface area contributed by atoms with Crippen molar-refractivity contribution in [2.75, 3.05) is 13.2 Å². The molecule has 0 aliphatic rings. The highest BCUT2D eigenvalue weighted by atomic mass is 35.5. The summed E-state index contributed by atoms with van der Waals surface area (Å²) in [7, 11) is 0. The van der Waals surface area contributed by atoms with Crippen LogP contribution >= 0.6 is 11.6 Å². The largest absolute Gasteiger partial charge is 0.522 e. The summed E-state index contributed by atoms with van der Waals surface area (Å²) < 4.78 is 43.4. The van der Waals surface area contributed by atoms with Gasteiger partial charge in [0.05, 0.1) is 11.6 Å². The van der Waals surface area contributed by atoms with E-state index in [9.17, 15) is 13.2 Å². The Bertz CT molecular complexity index is 352. The van der Waals surface area contributed by atoms with E-state index in [0.717, 1.165) is 5.56 Å². The van der Waals surface area contributed by atoms with Crippen LogP contribution in [0.4, 0.5) is 13.2 Å². The Balaban J connectivity index is 2.38. The van der Waals surface area contributed by atoms with Crippen LogP contribution in [-0.4, -0.2) is 19.6 Å². The third kappa shape index (κ3) is 4.72. The van der Waals surface area contributed by atoms with E-state index in [1.807, 2.05) is 6.92 Å². The van der Waals surface area contributed by atoms with Crippen molar-refractivity contribution in [1.82, 2.24) is 0 Å². The topological polar surface area (TPSA) is 18.5 Å². The van der Waals surface area contributed by atoms with Gasteiger partial charge in [-0.3, -0.25) is 4.74 Å². The molecule has 16 heavy (non-hydrogen) atoms. The van der Waals surface area contributed by atoms with Gasteiger partial charge in [-0.15, -0.1) is 13.2 Å². The molecular formula is C10H10ClF3O2. The monoisotopic (exact) mass is 254 g/mol. The Kier molecular flexibility index (Phi) is 4.44. The second-order valence-electron chi connectivity index (χ2n) is 3.08. The molecule has 0 amide bonds. The van der Waals surface area contributed by atoms with Crippen LogP contribution < -0.4 is 4.74 Å². The average Bonchev–Trinajstić information content (AvgIpc) is 2.13. The normalized spacial score (nSPS) is 11.6. The maximum atomic E-state index is 11.6. The molecule has 0 saturated heterocycles. The van der Waals surface area contributed by atoms with Crippen molar-refractivity contribution in [1.29, 1.82) is 0 Å². The molecule has 0 aliphatic carbocycles. The highest BCUT2D eigenvalue weighted by molar-refractivity contribution is 6.32. The minimum Gasteiger partial charge on any atom is -0.490 e. The molecule has 1 aromatic rings. The first kappa shape index (κ1) is 13.1. The smallest absolute Gasteiger partial charge is 0.490 e. The fraction of sp³-hybridized carbons (Fsp3) is 0.400. The maximum Gasteiger partial charge on any atom is 0.522 e. The SMILES string of the molecule is Cc1ccc(OCCOC(F)(F)F)c(Cl)c1. The molecule has 1 rings (SSSR count). The van der Waals surface area contributed by atoms with Gasteiger partial charge >= 0.3 is 6.36 Å². The molecule has 0 saturated carbocycles. The maximum absolute atomic E-state index is 11.6. The lowest BCUT2D eigenvalue weighted by atomic mass is 10.2. The predicted octanol–water partition coefficient (Wildman–Crippen LogP) is 3.56. The van der Waals surface area contributed by atoms with E-state index >= 15 is 0 Å². The quantitative estimate of drug-likeness (QED) is 0.765. The molecule has 0 aliphatic heterocycles. The summed E-state index contributed by atoms with van der Waals surface area (Å²) in [5.41, 5.74) is 0.948. The lowest BCUT2D eigenvalue weighted by Gasteiger charge is -2.10. The number of rotatable bonds is 4. The van der Waals surface area contributed by atoms with Crippen LogP contribution in [0.15, 0.2) is 18.2 Å². The Morgan fingerprint density at radius 1 is 1.25 bits per heavy atom. The summed E-state index contributed by atoms with van der Waals surface area (Å²) in [4.78, 5) is 0. The lowest BCUT2D eigenvalue weighted by molar-refractivity contribution is -0.325. The van der Waals surface area contributed by atoms with Gasteiger partial charge in [0.15, 0.2) is 0 Å². The third-order valence-corrected chi connectivity index (χ3v) is 1.99. The van der Waals surface area contributed by atoms with Crippen molar-refractivity contribution in [2.45, 2.75) is 13.3 Å². The molecular weight excluding hydrogens is 245 g/mol. The molecule has 90 valence electrons. The standard InChI is InChI=1S/C10H10ClF3O2/c1-7-2-3-9(8(11)6-7)15-4-5-16-10(12,13)14/h2-3,6H,4-5H2,1H3. The fourth-order valence-electron chi connectivity index (χ4n) is 1.03. The number of alkyl halides is 3. The first-order valence-corrected chi connectivity index (χ1v) is 4.86. The van der Waals surface area contributed by atoms with Crippen molar-refractivity contribution in [3.63, 3.8) is 0 Å². The van der Waals surface area contributed by atoms with E-state index in [0.29, 0.717) is 10.8 Å². The van der Waals surface area contributed by atoms with Crippen LogP contribution in [0.1, 0.15) is 5.56 Å². The number of hydrogen-bond acceptors (Lipinski definition) is 2. The van der Waals surface area contributed by atoms with E-state index in [4.69, 9.17) is 16.3 Å². The molecule has 6 heteroatoms. The predicted molar refractivity (Wildman–Crippen MR) is 53.7 cm³/mol. The van der Waals surface area contributed by atoms with E-state index in [-0.39, 0.29) is 6.61 Å². The number of aryl methyl sites for hydroxylation is 1. The molecule has 0 atom stereocenters. The van der Waals surface area contributed by atoms with E-state index < -0.39 is 13.0 Å². The number of hydrogen-bond donors (Lipinski definition) is 0. The zero-order valence-corrected chi connectivity index (χ0v) is 9.23. The van der Waals surface area contributed by atoms with Crippen molar-refractivity contribution in [3.8, 4) is 5.75 Å². The molecule has 2 nitrogen and oxygen atoms in total. The number of ether oxygens (including phenoxy) is 2.